The predicted octanol–water partition coefficient (Wildman–Crippen LogP) is 0.888. The van der Waals surface area contributed by atoms with Gasteiger partial charge in [-0.3, -0.25) is 4.79 Å². The first-order chi connectivity index (χ1) is 5.09. The van der Waals surface area contributed by atoms with Crippen molar-refractivity contribution in [2.45, 2.75) is 20.3 Å². The molecule has 1 N–H and O–H groups in total. The number of carbonyl (C=O) groups excluding carboxylic acids is 1. The monoisotopic (exact) mass is 170 g/mol. The lowest BCUT2D eigenvalue weighted by atomic mass is 10.0. The lowest BCUT2D eigenvalue weighted by Crippen LogP contribution is -2.36. The molecular weight excluding hydrogens is 160 g/mol. The van der Waals surface area contributed by atoms with Gasteiger partial charge in [-0.15, -0.1) is 0 Å². The zero-order chi connectivity index (χ0) is 8.43. The Morgan fingerprint density at radius 3 is 2.73 bits per heavy atom. The molecule has 1 heterocycles. The van der Waals surface area contributed by atoms with E-state index in [0.29, 0.717) is 17.5 Å². The number of amides is 1. The van der Waals surface area contributed by atoms with E-state index in [4.69, 9.17) is 12.2 Å². The first kappa shape index (κ1) is 8.33. The predicted molar refractivity (Wildman–Crippen MR) is 47.6 cm³/mol. The van der Waals surface area contributed by atoms with Crippen molar-refractivity contribution in [3.8, 4) is 0 Å². The van der Waals surface area contributed by atoms with E-state index in [-0.39, 0.29) is 5.91 Å². The molecule has 0 unspecified atom stereocenters. The van der Waals surface area contributed by atoms with Gasteiger partial charge >= 0.3 is 0 Å². The van der Waals surface area contributed by atoms with Gasteiger partial charge in [-0.1, -0.05) is 13.8 Å². The Labute approximate surface area is 70.9 Å². The Morgan fingerprint density at radius 1 is 1.64 bits per heavy atom. The van der Waals surface area contributed by atoms with Crippen LogP contribution in [0.2, 0.25) is 0 Å². The standard InChI is InChI=1S/C7H10N2OS/c1-4(2)5-3-6(10)9-7(11)8-5/h4H,3H2,1-2H3,(H,9,10,11). The molecule has 0 aromatic rings. The third kappa shape index (κ3) is 2.08. The lowest BCUT2D eigenvalue weighted by molar-refractivity contribution is -0.118. The zero-order valence-electron chi connectivity index (χ0n) is 6.55. The molecule has 0 spiro atoms. The molecule has 0 saturated carbocycles. The van der Waals surface area contributed by atoms with E-state index >= 15 is 0 Å². The Kier molecular flexibility index (Phi) is 2.34. The third-order valence-corrected chi connectivity index (χ3v) is 1.69. The summed E-state index contributed by atoms with van der Waals surface area (Å²) in [5.74, 6) is 0.257. The molecule has 1 aliphatic rings. The van der Waals surface area contributed by atoms with Crippen LogP contribution < -0.4 is 5.32 Å². The average Bonchev–Trinajstić information content (AvgIpc) is 1.85. The van der Waals surface area contributed by atoms with Gasteiger partial charge < -0.3 is 5.32 Å². The molecule has 4 heteroatoms. The molecular formula is C7H10N2OS. The van der Waals surface area contributed by atoms with Gasteiger partial charge in [-0.05, 0) is 18.1 Å². The van der Waals surface area contributed by atoms with Gasteiger partial charge in [-0.2, -0.15) is 0 Å². The molecule has 0 aromatic heterocycles. The van der Waals surface area contributed by atoms with E-state index in [1.54, 1.807) is 0 Å². The van der Waals surface area contributed by atoms with Crippen molar-refractivity contribution >= 4 is 28.9 Å². The first-order valence-electron chi connectivity index (χ1n) is 3.51. The Bertz CT molecular complexity index is 233. The summed E-state index contributed by atoms with van der Waals surface area (Å²) < 4.78 is 0. The highest BCUT2D eigenvalue weighted by atomic mass is 32.1. The Morgan fingerprint density at radius 2 is 2.27 bits per heavy atom. The maximum atomic E-state index is 10.9. The van der Waals surface area contributed by atoms with Crippen molar-refractivity contribution in [1.82, 2.24) is 5.32 Å². The van der Waals surface area contributed by atoms with Gasteiger partial charge in [0.1, 0.15) is 0 Å². The average molecular weight is 170 g/mol. The summed E-state index contributed by atoms with van der Waals surface area (Å²) in [6, 6.07) is 0. The van der Waals surface area contributed by atoms with E-state index in [0.717, 1.165) is 5.71 Å². The minimum atomic E-state index is -0.0475. The number of hydrogen-bond acceptors (Lipinski definition) is 2. The zero-order valence-corrected chi connectivity index (χ0v) is 7.36. The molecule has 1 aliphatic heterocycles. The van der Waals surface area contributed by atoms with E-state index in [9.17, 15) is 4.79 Å². The fourth-order valence-corrected chi connectivity index (χ4v) is 1.09. The van der Waals surface area contributed by atoms with Crippen LogP contribution in [0.3, 0.4) is 0 Å². The second kappa shape index (κ2) is 3.09. The second-order valence-corrected chi connectivity index (χ2v) is 3.17. The number of carbonyl (C=O) groups is 1. The number of hydrogen-bond donors (Lipinski definition) is 1. The minimum absolute atomic E-state index is 0.0475. The molecule has 0 aromatic carbocycles. The maximum Gasteiger partial charge on any atom is 0.231 e. The Hall–Kier alpha value is -0.770. The summed E-state index contributed by atoms with van der Waals surface area (Å²) in [7, 11) is 0. The van der Waals surface area contributed by atoms with Gasteiger partial charge in [-0.25, -0.2) is 4.99 Å². The van der Waals surface area contributed by atoms with Gasteiger partial charge in [0.2, 0.25) is 5.91 Å². The summed E-state index contributed by atoms with van der Waals surface area (Å²) in [6.07, 6.45) is 0.387. The number of nitrogens with one attached hydrogen (secondary N) is 1. The molecule has 0 bridgehead atoms. The normalized spacial score (nSPS) is 18.3. The molecule has 0 aliphatic carbocycles. The molecule has 1 amide bonds. The van der Waals surface area contributed by atoms with Gasteiger partial charge in [0.15, 0.2) is 5.11 Å². The second-order valence-electron chi connectivity index (χ2n) is 2.79. The van der Waals surface area contributed by atoms with Gasteiger partial charge in [0.05, 0.1) is 6.42 Å². The lowest BCUT2D eigenvalue weighted by Gasteiger charge is -2.15. The van der Waals surface area contributed by atoms with Crippen LogP contribution >= 0.6 is 12.2 Å². The van der Waals surface area contributed by atoms with Crippen molar-refractivity contribution in [1.29, 1.82) is 0 Å². The summed E-state index contributed by atoms with van der Waals surface area (Å²) >= 11 is 4.76. The highest BCUT2D eigenvalue weighted by Crippen LogP contribution is 2.05. The number of aliphatic imine (C=N–C) groups is 1. The van der Waals surface area contributed by atoms with Crippen molar-refractivity contribution < 1.29 is 4.79 Å². The molecule has 0 fully saturated rings. The van der Waals surface area contributed by atoms with Crippen molar-refractivity contribution in [3.05, 3.63) is 0 Å². The number of nitrogens with zero attached hydrogens (tertiary/aromatic N) is 1. The largest absolute Gasteiger partial charge is 0.301 e. The van der Waals surface area contributed by atoms with Gasteiger partial charge in [0.25, 0.3) is 0 Å². The maximum absolute atomic E-state index is 10.9. The van der Waals surface area contributed by atoms with E-state index in [1.807, 2.05) is 13.8 Å². The molecule has 0 atom stereocenters. The quantitative estimate of drug-likeness (QED) is 0.594. The molecule has 0 saturated heterocycles. The summed E-state index contributed by atoms with van der Waals surface area (Å²) in [5.41, 5.74) is 0.874. The van der Waals surface area contributed by atoms with Crippen molar-refractivity contribution in [3.63, 3.8) is 0 Å². The van der Waals surface area contributed by atoms with Crippen LogP contribution in [0.4, 0.5) is 0 Å². The van der Waals surface area contributed by atoms with Crippen LogP contribution in [0.1, 0.15) is 20.3 Å². The van der Waals surface area contributed by atoms with Crippen LogP contribution in [-0.4, -0.2) is 16.7 Å². The third-order valence-electron chi connectivity index (χ3n) is 1.50. The van der Waals surface area contributed by atoms with Gasteiger partial charge in [0, 0.05) is 5.71 Å². The topological polar surface area (TPSA) is 41.5 Å². The molecule has 3 nitrogen and oxygen atoms in total. The van der Waals surface area contributed by atoms with E-state index in [2.05, 4.69) is 10.3 Å². The van der Waals surface area contributed by atoms with Crippen LogP contribution in [0.5, 0.6) is 0 Å². The highest BCUT2D eigenvalue weighted by Gasteiger charge is 2.17. The highest BCUT2D eigenvalue weighted by molar-refractivity contribution is 7.80. The first-order valence-corrected chi connectivity index (χ1v) is 3.91. The number of rotatable bonds is 1. The SMILES string of the molecule is CC(C)C1=NC(=S)NC(=O)C1. The van der Waals surface area contributed by atoms with Crippen LogP contribution in [0, 0.1) is 5.92 Å². The minimum Gasteiger partial charge on any atom is -0.301 e. The van der Waals surface area contributed by atoms with Crippen molar-refractivity contribution in [2.75, 3.05) is 0 Å². The fraction of sp³-hybridized carbons (Fsp3) is 0.571. The van der Waals surface area contributed by atoms with Crippen LogP contribution in [0.25, 0.3) is 0 Å². The summed E-state index contributed by atoms with van der Waals surface area (Å²) in [5, 5.41) is 2.77. The van der Waals surface area contributed by atoms with Crippen molar-refractivity contribution in [2.24, 2.45) is 10.9 Å². The van der Waals surface area contributed by atoms with E-state index < -0.39 is 0 Å². The molecule has 0 radical (unpaired) electrons. The fourth-order valence-electron chi connectivity index (χ4n) is 0.859. The summed E-state index contributed by atoms with van der Waals surface area (Å²) in [4.78, 5) is 15.0. The van der Waals surface area contributed by atoms with Crippen LogP contribution in [-0.2, 0) is 4.79 Å². The smallest absolute Gasteiger partial charge is 0.231 e. The number of thiocarbonyl (C=S) groups is 1. The van der Waals surface area contributed by atoms with Crippen LogP contribution in [0.15, 0.2) is 4.99 Å². The van der Waals surface area contributed by atoms with E-state index in [1.165, 1.54) is 0 Å². The molecule has 60 valence electrons. The molecule has 11 heavy (non-hydrogen) atoms. The summed E-state index contributed by atoms with van der Waals surface area (Å²) in [6.45, 7) is 4.00. The Balaban J connectivity index is 2.80. The molecule has 1 rings (SSSR count).